The van der Waals surface area contributed by atoms with E-state index in [9.17, 15) is 0 Å². The monoisotopic (exact) mass is 406 g/mol. The van der Waals surface area contributed by atoms with Crippen molar-refractivity contribution in [2.45, 2.75) is 51.0 Å². The largest absolute Gasteiger partial charge is 0.373 e. The first-order valence-electron chi connectivity index (χ1n) is 7.38. The SMILES string of the molecule is CCNC(=NCCn1cncn1)NC1CC2CCC1O2.I. The van der Waals surface area contributed by atoms with E-state index in [1.165, 1.54) is 12.8 Å². The van der Waals surface area contributed by atoms with E-state index in [2.05, 4.69) is 32.6 Å². The molecule has 0 amide bonds. The van der Waals surface area contributed by atoms with E-state index in [-0.39, 0.29) is 24.0 Å². The second kappa shape index (κ2) is 7.92. The Balaban J connectivity index is 0.00000161. The summed E-state index contributed by atoms with van der Waals surface area (Å²) in [5.74, 6) is 0.869. The van der Waals surface area contributed by atoms with Crippen molar-refractivity contribution < 1.29 is 4.74 Å². The molecule has 0 spiro atoms. The molecule has 2 N–H and O–H groups in total. The number of fused-ring (bicyclic) bond motifs is 2. The average Bonchev–Trinajstić information content (AvgIpc) is 3.16. The van der Waals surface area contributed by atoms with Crippen LogP contribution in [0, 0.1) is 0 Å². The summed E-state index contributed by atoms with van der Waals surface area (Å²) in [5, 5.41) is 10.9. The molecule has 2 aliphatic heterocycles. The van der Waals surface area contributed by atoms with Gasteiger partial charge in [0.1, 0.15) is 12.7 Å². The highest BCUT2D eigenvalue weighted by molar-refractivity contribution is 14.0. The predicted octanol–water partition coefficient (Wildman–Crippen LogP) is 0.771. The third-order valence-electron chi connectivity index (χ3n) is 3.84. The molecule has 21 heavy (non-hydrogen) atoms. The summed E-state index contributed by atoms with van der Waals surface area (Å²) in [6, 6.07) is 0.401. The Bertz CT molecular complexity index is 452. The van der Waals surface area contributed by atoms with Crippen molar-refractivity contribution in [2.75, 3.05) is 13.1 Å². The first-order valence-corrected chi connectivity index (χ1v) is 7.38. The topological polar surface area (TPSA) is 76.4 Å². The Morgan fingerprint density at radius 1 is 1.48 bits per heavy atom. The first-order chi connectivity index (χ1) is 9.85. The van der Waals surface area contributed by atoms with Crippen LogP contribution in [0.2, 0.25) is 0 Å². The van der Waals surface area contributed by atoms with Crippen LogP contribution in [-0.4, -0.2) is 52.1 Å². The van der Waals surface area contributed by atoms with Gasteiger partial charge >= 0.3 is 0 Å². The molecule has 2 bridgehead atoms. The van der Waals surface area contributed by atoms with Gasteiger partial charge in [-0.3, -0.25) is 9.67 Å². The molecule has 0 radical (unpaired) electrons. The highest BCUT2D eigenvalue weighted by atomic mass is 127. The normalized spacial score (nSPS) is 27.5. The molecule has 2 aliphatic rings. The summed E-state index contributed by atoms with van der Waals surface area (Å²) in [6.45, 7) is 4.35. The number of hydrogen-bond donors (Lipinski definition) is 2. The van der Waals surface area contributed by atoms with Crippen molar-refractivity contribution in [3.8, 4) is 0 Å². The summed E-state index contributed by atoms with van der Waals surface area (Å²) in [5.41, 5.74) is 0. The van der Waals surface area contributed by atoms with Crippen LogP contribution in [0.3, 0.4) is 0 Å². The summed E-state index contributed by atoms with van der Waals surface area (Å²) in [6.07, 6.45) is 7.54. The van der Waals surface area contributed by atoms with Crippen molar-refractivity contribution >= 4 is 29.9 Å². The van der Waals surface area contributed by atoms with E-state index in [1.54, 1.807) is 17.3 Å². The molecule has 2 saturated heterocycles. The highest BCUT2D eigenvalue weighted by Crippen LogP contribution is 2.34. The third-order valence-corrected chi connectivity index (χ3v) is 3.84. The fourth-order valence-corrected chi connectivity index (χ4v) is 2.90. The van der Waals surface area contributed by atoms with Crippen LogP contribution in [0.25, 0.3) is 0 Å². The number of rotatable bonds is 5. The Morgan fingerprint density at radius 3 is 3.00 bits per heavy atom. The van der Waals surface area contributed by atoms with Gasteiger partial charge in [-0.05, 0) is 26.2 Å². The third kappa shape index (κ3) is 4.29. The van der Waals surface area contributed by atoms with E-state index in [4.69, 9.17) is 4.74 Å². The number of nitrogens with zero attached hydrogens (tertiary/aromatic N) is 4. The van der Waals surface area contributed by atoms with Gasteiger partial charge in [0.25, 0.3) is 0 Å². The van der Waals surface area contributed by atoms with Gasteiger partial charge in [-0.25, -0.2) is 4.98 Å². The molecule has 1 aromatic heterocycles. The molecule has 8 heteroatoms. The maximum absolute atomic E-state index is 5.86. The molecule has 3 heterocycles. The van der Waals surface area contributed by atoms with Crippen LogP contribution in [0.4, 0.5) is 0 Å². The van der Waals surface area contributed by atoms with Crippen LogP contribution in [0.1, 0.15) is 26.2 Å². The predicted molar refractivity (Wildman–Crippen MR) is 90.9 cm³/mol. The maximum atomic E-state index is 5.86. The van der Waals surface area contributed by atoms with Gasteiger partial charge in [0.2, 0.25) is 0 Å². The Kier molecular flexibility index (Phi) is 6.22. The van der Waals surface area contributed by atoms with E-state index in [0.717, 1.165) is 25.5 Å². The zero-order valence-electron chi connectivity index (χ0n) is 12.2. The van der Waals surface area contributed by atoms with Gasteiger partial charge in [0.15, 0.2) is 5.96 Å². The summed E-state index contributed by atoms with van der Waals surface area (Å²) in [7, 11) is 0. The molecule has 3 rings (SSSR count). The van der Waals surface area contributed by atoms with Crippen molar-refractivity contribution in [1.29, 1.82) is 0 Å². The lowest BCUT2D eigenvalue weighted by Crippen LogP contribution is -2.47. The Hall–Kier alpha value is -0.900. The van der Waals surface area contributed by atoms with Gasteiger partial charge < -0.3 is 15.4 Å². The first kappa shape index (κ1) is 16.5. The van der Waals surface area contributed by atoms with Gasteiger partial charge in [0, 0.05) is 6.54 Å². The number of guanidine groups is 1. The number of hydrogen-bond acceptors (Lipinski definition) is 4. The number of ether oxygens (including phenoxy) is 1. The minimum Gasteiger partial charge on any atom is -0.373 e. The van der Waals surface area contributed by atoms with Crippen LogP contribution in [0.15, 0.2) is 17.6 Å². The van der Waals surface area contributed by atoms with Crippen LogP contribution >= 0.6 is 24.0 Å². The molecule has 3 atom stereocenters. The quantitative estimate of drug-likeness (QED) is 0.429. The van der Waals surface area contributed by atoms with E-state index in [0.29, 0.717) is 24.8 Å². The van der Waals surface area contributed by atoms with Gasteiger partial charge in [-0.1, -0.05) is 0 Å². The minimum absolute atomic E-state index is 0. The number of halogens is 1. The fraction of sp³-hybridized carbons (Fsp3) is 0.769. The summed E-state index contributed by atoms with van der Waals surface area (Å²) in [4.78, 5) is 8.51. The molecule has 7 nitrogen and oxygen atoms in total. The Morgan fingerprint density at radius 2 is 2.38 bits per heavy atom. The molecule has 2 fully saturated rings. The van der Waals surface area contributed by atoms with Crippen molar-refractivity contribution in [2.24, 2.45) is 4.99 Å². The standard InChI is InChI=1S/C13H22N6O.HI/c1-2-15-13(16-5-6-19-9-14-8-17-19)18-11-7-10-3-4-12(11)20-10;/h8-12H,2-7H2,1H3,(H2,15,16,18);1H. The second-order valence-corrected chi connectivity index (χ2v) is 5.28. The van der Waals surface area contributed by atoms with Crippen LogP contribution < -0.4 is 10.6 Å². The van der Waals surface area contributed by atoms with Crippen LogP contribution in [0.5, 0.6) is 0 Å². The lowest BCUT2D eigenvalue weighted by atomic mass is 9.96. The second-order valence-electron chi connectivity index (χ2n) is 5.28. The summed E-state index contributed by atoms with van der Waals surface area (Å²) < 4.78 is 7.65. The number of aromatic nitrogens is 3. The molecule has 0 aliphatic carbocycles. The fourth-order valence-electron chi connectivity index (χ4n) is 2.90. The van der Waals surface area contributed by atoms with E-state index in [1.807, 2.05) is 0 Å². The molecular weight excluding hydrogens is 383 g/mol. The molecule has 0 saturated carbocycles. The molecular formula is C13H23IN6O. The summed E-state index contributed by atoms with van der Waals surface area (Å²) >= 11 is 0. The molecule has 3 unspecified atom stereocenters. The van der Waals surface area contributed by atoms with Gasteiger partial charge in [0.05, 0.1) is 31.3 Å². The highest BCUT2D eigenvalue weighted by Gasteiger charge is 2.41. The minimum atomic E-state index is 0. The van der Waals surface area contributed by atoms with E-state index < -0.39 is 0 Å². The van der Waals surface area contributed by atoms with Crippen LogP contribution in [-0.2, 0) is 11.3 Å². The van der Waals surface area contributed by atoms with Crippen molar-refractivity contribution in [3.05, 3.63) is 12.7 Å². The number of aliphatic imine (C=N–C) groups is 1. The van der Waals surface area contributed by atoms with Crippen molar-refractivity contribution in [1.82, 2.24) is 25.4 Å². The average molecular weight is 406 g/mol. The Labute approximate surface area is 142 Å². The lowest BCUT2D eigenvalue weighted by molar-refractivity contribution is 0.0992. The molecule has 0 aromatic carbocycles. The zero-order chi connectivity index (χ0) is 13.8. The smallest absolute Gasteiger partial charge is 0.191 e. The molecule has 1 aromatic rings. The maximum Gasteiger partial charge on any atom is 0.191 e. The number of nitrogens with one attached hydrogen (secondary N) is 2. The van der Waals surface area contributed by atoms with Gasteiger partial charge in [-0.15, -0.1) is 24.0 Å². The van der Waals surface area contributed by atoms with Crippen molar-refractivity contribution in [3.63, 3.8) is 0 Å². The van der Waals surface area contributed by atoms with Gasteiger partial charge in [-0.2, -0.15) is 5.10 Å². The molecule has 118 valence electrons. The van der Waals surface area contributed by atoms with E-state index >= 15 is 0 Å². The zero-order valence-corrected chi connectivity index (χ0v) is 14.6. The lowest BCUT2D eigenvalue weighted by Gasteiger charge is -2.22.